The summed E-state index contributed by atoms with van der Waals surface area (Å²) in [5, 5.41) is 0. The molecule has 2 nitrogen and oxygen atoms in total. The predicted molar refractivity (Wildman–Crippen MR) is 52.2 cm³/mol. The maximum atomic E-state index is 11.0. The molecule has 0 fully saturated rings. The molecule has 1 aromatic carbocycles. The standard InChI is InChI=1S/C8H11BO2S/c1-9-7-3-5-8(6-4-7)12(2,10)11/h3-6,9H,1-2H3. The third-order valence-electron chi connectivity index (χ3n) is 1.76. The van der Waals surface area contributed by atoms with Crippen LogP contribution in [0, 0.1) is 0 Å². The fourth-order valence-corrected chi connectivity index (χ4v) is 1.60. The van der Waals surface area contributed by atoms with Gasteiger partial charge in [-0.1, -0.05) is 24.4 Å². The molecule has 0 aliphatic heterocycles. The second kappa shape index (κ2) is 3.31. The smallest absolute Gasteiger partial charge is 0.175 e. The third kappa shape index (κ3) is 2.11. The molecule has 0 radical (unpaired) electrons. The molecule has 0 N–H and O–H groups in total. The lowest BCUT2D eigenvalue weighted by Crippen LogP contribution is -2.10. The molecule has 12 heavy (non-hydrogen) atoms. The lowest BCUT2D eigenvalue weighted by atomic mass is 9.74. The molecule has 1 aromatic rings. The van der Waals surface area contributed by atoms with Crippen molar-refractivity contribution in [2.45, 2.75) is 11.7 Å². The van der Waals surface area contributed by atoms with E-state index in [1.54, 1.807) is 12.1 Å². The highest BCUT2D eigenvalue weighted by Gasteiger charge is 2.04. The number of rotatable bonds is 2. The summed E-state index contributed by atoms with van der Waals surface area (Å²) in [5.74, 6) is 0. The second-order valence-corrected chi connectivity index (χ2v) is 4.79. The lowest BCUT2D eigenvalue weighted by molar-refractivity contribution is 0.602. The Balaban J connectivity index is 3.09. The Bertz CT molecular complexity index is 353. The predicted octanol–water partition coefficient (Wildman–Crippen LogP) is 0.200. The first-order valence-electron chi connectivity index (χ1n) is 3.83. The Morgan fingerprint density at radius 3 is 2.00 bits per heavy atom. The highest BCUT2D eigenvalue weighted by Crippen LogP contribution is 2.04. The molecule has 0 heterocycles. The summed E-state index contributed by atoms with van der Waals surface area (Å²) in [6, 6.07) is 6.98. The molecule has 4 heteroatoms. The van der Waals surface area contributed by atoms with Crippen LogP contribution in [0.1, 0.15) is 0 Å². The summed E-state index contributed by atoms with van der Waals surface area (Å²) < 4.78 is 22.1. The van der Waals surface area contributed by atoms with E-state index in [2.05, 4.69) is 0 Å². The van der Waals surface area contributed by atoms with E-state index in [1.165, 1.54) is 6.26 Å². The van der Waals surface area contributed by atoms with Crippen molar-refractivity contribution in [2.24, 2.45) is 0 Å². The van der Waals surface area contributed by atoms with Gasteiger partial charge >= 0.3 is 0 Å². The van der Waals surface area contributed by atoms with Crippen LogP contribution in [0.25, 0.3) is 0 Å². The average molecular weight is 182 g/mol. The molecule has 0 aliphatic rings. The van der Waals surface area contributed by atoms with Crippen molar-refractivity contribution in [3.63, 3.8) is 0 Å². The molecular formula is C8H11BO2S. The maximum absolute atomic E-state index is 11.0. The molecule has 0 aliphatic carbocycles. The van der Waals surface area contributed by atoms with Gasteiger partial charge in [-0.2, -0.15) is 0 Å². The van der Waals surface area contributed by atoms with Gasteiger partial charge in [-0.3, -0.25) is 0 Å². The van der Waals surface area contributed by atoms with Gasteiger partial charge in [0.15, 0.2) is 17.1 Å². The molecule has 1 rings (SSSR count). The Morgan fingerprint density at radius 1 is 1.17 bits per heavy atom. The molecule has 0 saturated carbocycles. The highest BCUT2D eigenvalue weighted by molar-refractivity contribution is 7.90. The van der Waals surface area contributed by atoms with Crippen LogP contribution < -0.4 is 5.46 Å². The number of sulfone groups is 1. The fourth-order valence-electron chi connectivity index (χ4n) is 0.972. The van der Waals surface area contributed by atoms with Gasteiger partial charge in [0.1, 0.15) is 0 Å². The van der Waals surface area contributed by atoms with Gasteiger partial charge in [-0.05, 0) is 12.1 Å². The van der Waals surface area contributed by atoms with Crippen LogP contribution in [-0.2, 0) is 9.84 Å². The van der Waals surface area contributed by atoms with Crippen LogP contribution in [-0.4, -0.2) is 22.0 Å². The van der Waals surface area contributed by atoms with Crippen molar-refractivity contribution in [2.75, 3.05) is 6.26 Å². The van der Waals surface area contributed by atoms with Crippen LogP contribution >= 0.6 is 0 Å². The molecule has 0 aromatic heterocycles. The van der Waals surface area contributed by atoms with Gasteiger partial charge < -0.3 is 0 Å². The van der Waals surface area contributed by atoms with Crippen molar-refractivity contribution >= 4 is 22.6 Å². The first-order chi connectivity index (χ1) is 5.54. The molecule has 0 bridgehead atoms. The van der Waals surface area contributed by atoms with Gasteiger partial charge in [-0.15, -0.1) is 0 Å². The minimum absolute atomic E-state index is 0.389. The Morgan fingerprint density at radius 2 is 1.67 bits per heavy atom. The van der Waals surface area contributed by atoms with Crippen molar-refractivity contribution in [1.82, 2.24) is 0 Å². The van der Waals surface area contributed by atoms with Crippen LogP contribution in [0.2, 0.25) is 6.82 Å². The van der Waals surface area contributed by atoms with Crippen molar-refractivity contribution in [3.05, 3.63) is 24.3 Å². The highest BCUT2D eigenvalue weighted by atomic mass is 32.2. The van der Waals surface area contributed by atoms with Gasteiger partial charge in [0.25, 0.3) is 0 Å². The van der Waals surface area contributed by atoms with Crippen LogP contribution in [0.3, 0.4) is 0 Å². The minimum atomic E-state index is -3.03. The molecular weight excluding hydrogens is 171 g/mol. The van der Waals surface area contributed by atoms with E-state index in [9.17, 15) is 8.42 Å². The summed E-state index contributed by atoms with van der Waals surface area (Å²) >= 11 is 0. The summed E-state index contributed by atoms with van der Waals surface area (Å²) in [5.41, 5.74) is 1.16. The number of hydrogen-bond donors (Lipinski definition) is 0. The van der Waals surface area contributed by atoms with E-state index in [1.807, 2.05) is 19.0 Å². The number of benzene rings is 1. The van der Waals surface area contributed by atoms with E-state index in [-0.39, 0.29) is 0 Å². The molecule has 0 saturated heterocycles. The molecule has 64 valence electrons. The van der Waals surface area contributed by atoms with E-state index in [0.29, 0.717) is 4.90 Å². The van der Waals surface area contributed by atoms with Gasteiger partial charge in [0.05, 0.1) is 4.90 Å². The van der Waals surface area contributed by atoms with Crippen LogP contribution in [0.15, 0.2) is 29.2 Å². The first kappa shape index (κ1) is 9.32. The second-order valence-electron chi connectivity index (χ2n) is 2.77. The SMILES string of the molecule is CBc1ccc(S(C)(=O)=O)cc1. The average Bonchev–Trinajstić information content (AvgIpc) is 2.03. The topological polar surface area (TPSA) is 34.1 Å². The van der Waals surface area contributed by atoms with Crippen LogP contribution in [0.4, 0.5) is 0 Å². The zero-order chi connectivity index (χ0) is 9.19. The quantitative estimate of drug-likeness (QED) is 0.612. The van der Waals surface area contributed by atoms with Crippen LogP contribution in [0.5, 0.6) is 0 Å². The minimum Gasteiger partial charge on any atom is -0.224 e. The zero-order valence-electron chi connectivity index (χ0n) is 7.24. The summed E-state index contributed by atoms with van der Waals surface area (Å²) in [6.07, 6.45) is 1.22. The van der Waals surface area contributed by atoms with Gasteiger partial charge in [0.2, 0.25) is 0 Å². The van der Waals surface area contributed by atoms with Gasteiger partial charge in [0, 0.05) is 6.26 Å². The lowest BCUT2D eigenvalue weighted by Gasteiger charge is -1.98. The van der Waals surface area contributed by atoms with E-state index in [0.717, 1.165) is 12.7 Å². The van der Waals surface area contributed by atoms with Crippen molar-refractivity contribution in [3.8, 4) is 0 Å². The maximum Gasteiger partial charge on any atom is 0.175 e. The van der Waals surface area contributed by atoms with Crippen molar-refractivity contribution in [1.29, 1.82) is 0 Å². The fraction of sp³-hybridized carbons (Fsp3) is 0.250. The summed E-state index contributed by atoms with van der Waals surface area (Å²) in [4.78, 5) is 0.389. The Labute approximate surface area is 73.8 Å². The molecule has 0 atom stereocenters. The number of hydrogen-bond acceptors (Lipinski definition) is 2. The van der Waals surface area contributed by atoms with E-state index < -0.39 is 9.84 Å². The van der Waals surface area contributed by atoms with Crippen molar-refractivity contribution < 1.29 is 8.42 Å². The Kier molecular flexibility index (Phi) is 2.57. The summed E-state index contributed by atoms with van der Waals surface area (Å²) in [6.45, 7) is 2.04. The third-order valence-corrected chi connectivity index (χ3v) is 2.89. The first-order valence-corrected chi connectivity index (χ1v) is 5.72. The molecule has 0 unspecified atom stereocenters. The summed E-state index contributed by atoms with van der Waals surface area (Å²) in [7, 11) is -2.09. The monoisotopic (exact) mass is 182 g/mol. The normalized spacial score (nSPS) is 11.2. The van der Waals surface area contributed by atoms with E-state index in [4.69, 9.17) is 0 Å². The van der Waals surface area contributed by atoms with E-state index >= 15 is 0 Å². The Hall–Kier alpha value is -0.765. The van der Waals surface area contributed by atoms with Gasteiger partial charge in [-0.25, -0.2) is 8.42 Å². The molecule has 0 spiro atoms. The largest absolute Gasteiger partial charge is 0.224 e. The zero-order valence-corrected chi connectivity index (χ0v) is 8.06. The molecule has 0 amide bonds.